The van der Waals surface area contributed by atoms with Gasteiger partial charge in [-0.25, -0.2) is 15.4 Å². The van der Waals surface area contributed by atoms with Crippen LogP contribution in [0.5, 0.6) is 0 Å². The standard InChI is InChI=1S/C22H23ClN6O/c1-15-5-3-7-18(23)20(15)19-8-4-6-17(26-19)14-25-28-22-24-13-16(2)21(27-22)29-9-11-30-12-10-29/h3-8,13-14H,9-12H2,1-2H3,(H,24,27,28)/b25-14-. The Bertz CT molecular complexity index is 1040. The van der Waals surface area contributed by atoms with Gasteiger partial charge in [-0.15, -0.1) is 0 Å². The Hall–Kier alpha value is -3.03. The maximum atomic E-state index is 6.38. The van der Waals surface area contributed by atoms with Crippen molar-refractivity contribution in [2.45, 2.75) is 13.8 Å². The van der Waals surface area contributed by atoms with Crippen molar-refractivity contribution >= 4 is 29.6 Å². The molecule has 3 heterocycles. The Balaban J connectivity index is 1.50. The summed E-state index contributed by atoms with van der Waals surface area (Å²) in [6, 6.07) is 11.6. The largest absolute Gasteiger partial charge is 0.378 e. The van der Waals surface area contributed by atoms with Crippen LogP contribution >= 0.6 is 11.6 Å². The number of hydrazone groups is 1. The number of morpholine rings is 1. The van der Waals surface area contributed by atoms with E-state index in [9.17, 15) is 0 Å². The summed E-state index contributed by atoms with van der Waals surface area (Å²) in [5.74, 6) is 1.34. The molecule has 30 heavy (non-hydrogen) atoms. The molecule has 1 fully saturated rings. The van der Waals surface area contributed by atoms with Gasteiger partial charge in [0.15, 0.2) is 0 Å². The first-order valence-corrected chi connectivity index (χ1v) is 10.2. The van der Waals surface area contributed by atoms with E-state index in [-0.39, 0.29) is 0 Å². The van der Waals surface area contributed by atoms with Crippen molar-refractivity contribution in [1.82, 2.24) is 15.0 Å². The summed E-state index contributed by atoms with van der Waals surface area (Å²) in [6.07, 6.45) is 3.45. The summed E-state index contributed by atoms with van der Waals surface area (Å²) < 4.78 is 5.42. The van der Waals surface area contributed by atoms with Gasteiger partial charge >= 0.3 is 0 Å². The summed E-state index contributed by atoms with van der Waals surface area (Å²) in [7, 11) is 0. The Morgan fingerprint density at radius 2 is 1.87 bits per heavy atom. The molecule has 1 aromatic carbocycles. The summed E-state index contributed by atoms with van der Waals surface area (Å²) in [5, 5.41) is 4.95. The minimum Gasteiger partial charge on any atom is -0.378 e. The molecular formula is C22H23ClN6O. The van der Waals surface area contributed by atoms with E-state index in [1.165, 1.54) is 0 Å². The number of pyridine rings is 1. The second-order valence-corrected chi connectivity index (χ2v) is 7.46. The molecule has 1 aliphatic heterocycles. The maximum Gasteiger partial charge on any atom is 0.245 e. The van der Waals surface area contributed by atoms with Crippen LogP contribution in [-0.4, -0.2) is 47.5 Å². The molecule has 3 aromatic rings. The van der Waals surface area contributed by atoms with Crippen LogP contribution in [0.25, 0.3) is 11.3 Å². The number of benzene rings is 1. The maximum absolute atomic E-state index is 6.38. The highest BCUT2D eigenvalue weighted by atomic mass is 35.5. The number of anilines is 2. The lowest BCUT2D eigenvalue weighted by molar-refractivity contribution is 0.122. The predicted molar refractivity (Wildman–Crippen MR) is 120 cm³/mol. The Morgan fingerprint density at radius 3 is 2.67 bits per heavy atom. The molecule has 0 aliphatic carbocycles. The molecule has 0 amide bonds. The summed E-state index contributed by atoms with van der Waals surface area (Å²) in [4.78, 5) is 15.8. The summed E-state index contributed by atoms with van der Waals surface area (Å²) in [5.41, 5.74) is 7.45. The molecule has 0 saturated carbocycles. The first kappa shape index (κ1) is 20.3. The molecule has 4 rings (SSSR count). The van der Waals surface area contributed by atoms with Gasteiger partial charge in [0, 0.05) is 30.4 Å². The molecule has 7 nitrogen and oxygen atoms in total. The number of aryl methyl sites for hydroxylation is 2. The Kier molecular flexibility index (Phi) is 6.21. The van der Waals surface area contributed by atoms with Gasteiger partial charge in [-0.3, -0.25) is 0 Å². The second kappa shape index (κ2) is 9.19. The van der Waals surface area contributed by atoms with E-state index in [4.69, 9.17) is 16.3 Å². The highest BCUT2D eigenvalue weighted by molar-refractivity contribution is 6.33. The molecule has 0 unspecified atom stereocenters. The van der Waals surface area contributed by atoms with Crippen LogP contribution in [0.3, 0.4) is 0 Å². The van der Waals surface area contributed by atoms with Crippen molar-refractivity contribution in [3.8, 4) is 11.3 Å². The van der Waals surface area contributed by atoms with Gasteiger partial charge in [-0.2, -0.15) is 10.1 Å². The lowest BCUT2D eigenvalue weighted by Crippen LogP contribution is -2.37. The van der Waals surface area contributed by atoms with Crippen LogP contribution < -0.4 is 10.3 Å². The minimum atomic E-state index is 0.441. The van der Waals surface area contributed by atoms with Gasteiger partial charge < -0.3 is 9.64 Å². The minimum absolute atomic E-state index is 0.441. The molecule has 2 aromatic heterocycles. The van der Waals surface area contributed by atoms with Crippen molar-refractivity contribution in [2.24, 2.45) is 5.10 Å². The molecular weight excluding hydrogens is 400 g/mol. The normalized spacial score (nSPS) is 14.3. The molecule has 8 heteroatoms. The number of rotatable bonds is 5. The highest BCUT2D eigenvalue weighted by Gasteiger charge is 2.15. The van der Waals surface area contributed by atoms with Crippen LogP contribution in [0.2, 0.25) is 5.02 Å². The van der Waals surface area contributed by atoms with Gasteiger partial charge in [0.05, 0.1) is 35.8 Å². The van der Waals surface area contributed by atoms with Crippen LogP contribution in [0.4, 0.5) is 11.8 Å². The van der Waals surface area contributed by atoms with Crippen molar-refractivity contribution in [3.05, 3.63) is 64.4 Å². The third-order valence-electron chi connectivity index (χ3n) is 4.87. The molecule has 0 spiro atoms. The lowest BCUT2D eigenvalue weighted by atomic mass is 10.0. The number of nitrogens with one attached hydrogen (secondary N) is 1. The average molecular weight is 423 g/mol. The molecule has 0 atom stereocenters. The first-order chi connectivity index (χ1) is 14.6. The highest BCUT2D eigenvalue weighted by Crippen LogP contribution is 2.29. The SMILES string of the molecule is Cc1cnc(N/N=C\c2cccc(-c3c(C)cccc3Cl)n2)nc1N1CCOCC1. The smallest absolute Gasteiger partial charge is 0.245 e. The van der Waals surface area contributed by atoms with Crippen molar-refractivity contribution in [1.29, 1.82) is 0 Å². The molecule has 1 aliphatic rings. The van der Waals surface area contributed by atoms with Crippen LogP contribution in [-0.2, 0) is 4.74 Å². The van der Waals surface area contributed by atoms with Gasteiger partial charge in [-0.1, -0.05) is 29.8 Å². The monoisotopic (exact) mass is 422 g/mol. The van der Waals surface area contributed by atoms with Crippen molar-refractivity contribution in [3.63, 3.8) is 0 Å². The summed E-state index contributed by atoms with van der Waals surface area (Å²) in [6.45, 7) is 7.07. The van der Waals surface area contributed by atoms with Crippen LogP contribution in [0, 0.1) is 13.8 Å². The molecule has 0 bridgehead atoms. The van der Waals surface area contributed by atoms with E-state index in [0.29, 0.717) is 29.9 Å². The number of hydrogen-bond donors (Lipinski definition) is 1. The number of nitrogens with zero attached hydrogens (tertiary/aromatic N) is 5. The van der Waals surface area contributed by atoms with E-state index < -0.39 is 0 Å². The lowest BCUT2D eigenvalue weighted by Gasteiger charge is -2.28. The third-order valence-corrected chi connectivity index (χ3v) is 5.18. The zero-order chi connectivity index (χ0) is 20.9. The van der Waals surface area contributed by atoms with Crippen LogP contribution in [0.15, 0.2) is 47.7 Å². The van der Waals surface area contributed by atoms with E-state index in [2.05, 4.69) is 30.4 Å². The molecule has 0 radical (unpaired) electrons. The fourth-order valence-corrected chi connectivity index (χ4v) is 3.68. The zero-order valence-electron chi connectivity index (χ0n) is 17.0. The first-order valence-electron chi connectivity index (χ1n) is 9.80. The quantitative estimate of drug-likeness (QED) is 0.493. The molecule has 1 saturated heterocycles. The van der Waals surface area contributed by atoms with Crippen molar-refractivity contribution < 1.29 is 4.74 Å². The van der Waals surface area contributed by atoms with Gasteiger partial charge in [-0.05, 0) is 37.6 Å². The Morgan fingerprint density at radius 1 is 1.07 bits per heavy atom. The van der Waals surface area contributed by atoms with E-state index >= 15 is 0 Å². The number of hydrogen-bond acceptors (Lipinski definition) is 7. The second-order valence-electron chi connectivity index (χ2n) is 7.05. The van der Waals surface area contributed by atoms with Crippen LogP contribution in [0.1, 0.15) is 16.8 Å². The van der Waals surface area contributed by atoms with Gasteiger partial charge in [0.25, 0.3) is 0 Å². The van der Waals surface area contributed by atoms with Crippen molar-refractivity contribution in [2.75, 3.05) is 36.6 Å². The zero-order valence-corrected chi connectivity index (χ0v) is 17.7. The predicted octanol–water partition coefficient (Wildman–Crippen LogP) is 4.09. The Labute approximate surface area is 180 Å². The number of halogens is 1. The molecule has 1 N–H and O–H groups in total. The average Bonchev–Trinajstić information content (AvgIpc) is 2.76. The van der Waals surface area contributed by atoms with Gasteiger partial charge in [0.2, 0.25) is 5.95 Å². The number of ether oxygens (including phenoxy) is 1. The fourth-order valence-electron chi connectivity index (χ4n) is 3.36. The summed E-state index contributed by atoms with van der Waals surface area (Å²) >= 11 is 6.38. The topological polar surface area (TPSA) is 75.5 Å². The fraction of sp³-hybridized carbons (Fsp3) is 0.273. The van der Waals surface area contributed by atoms with Gasteiger partial charge in [0.1, 0.15) is 5.82 Å². The van der Waals surface area contributed by atoms with E-state index in [1.807, 2.05) is 50.2 Å². The van der Waals surface area contributed by atoms with E-state index in [0.717, 1.165) is 41.3 Å². The molecule has 154 valence electrons. The van der Waals surface area contributed by atoms with E-state index in [1.54, 1.807) is 12.4 Å². The number of aromatic nitrogens is 3. The third kappa shape index (κ3) is 4.58.